The monoisotopic (exact) mass is 301 g/mol. The Kier molecular flexibility index (Phi) is 4.51. The quantitative estimate of drug-likeness (QED) is 0.830. The van der Waals surface area contributed by atoms with Gasteiger partial charge in [0.2, 0.25) is 5.95 Å². The molecular formula is C12H14ClF2N5. The molecule has 1 aromatic heterocycles. The molecule has 1 heterocycles. The van der Waals surface area contributed by atoms with Crippen LogP contribution in [0.25, 0.3) is 0 Å². The van der Waals surface area contributed by atoms with E-state index in [1.807, 2.05) is 14.1 Å². The molecule has 0 aliphatic heterocycles. The number of aromatic nitrogens is 3. The lowest BCUT2D eigenvalue weighted by molar-refractivity contribution is 0.533. The van der Waals surface area contributed by atoms with Gasteiger partial charge in [-0.3, -0.25) is 5.10 Å². The minimum Gasteiger partial charge on any atom is -0.346 e. The lowest BCUT2D eigenvalue weighted by atomic mass is 10.2. The van der Waals surface area contributed by atoms with Crippen molar-refractivity contribution in [2.75, 3.05) is 19.0 Å². The van der Waals surface area contributed by atoms with Crippen LogP contribution >= 0.6 is 11.6 Å². The fourth-order valence-electron chi connectivity index (χ4n) is 1.60. The molecule has 0 fully saturated rings. The van der Waals surface area contributed by atoms with Crippen molar-refractivity contribution in [2.45, 2.75) is 13.1 Å². The van der Waals surface area contributed by atoms with E-state index in [0.717, 1.165) is 6.07 Å². The topological polar surface area (TPSA) is 56.8 Å². The molecule has 0 spiro atoms. The summed E-state index contributed by atoms with van der Waals surface area (Å²) in [5, 5.41) is 9.50. The SMILES string of the molecule is CN(C)c1n[nH]c(CNCc2c(F)ccc(Cl)c2F)n1. The molecule has 0 radical (unpaired) electrons. The first-order chi connectivity index (χ1) is 9.49. The van der Waals surface area contributed by atoms with Crippen LogP contribution in [0.4, 0.5) is 14.7 Å². The highest BCUT2D eigenvalue weighted by molar-refractivity contribution is 6.30. The molecular weight excluding hydrogens is 288 g/mol. The number of rotatable bonds is 5. The predicted molar refractivity (Wildman–Crippen MR) is 72.6 cm³/mol. The van der Waals surface area contributed by atoms with Crippen molar-refractivity contribution < 1.29 is 8.78 Å². The molecule has 0 unspecified atom stereocenters. The molecule has 0 amide bonds. The van der Waals surface area contributed by atoms with Gasteiger partial charge in [0, 0.05) is 26.2 Å². The molecule has 0 aliphatic carbocycles. The summed E-state index contributed by atoms with van der Waals surface area (Å²) in [6, 6.07) is 2.33. The zero-order valence-corrected chi connectivity index (χ0v) is 11.8. The molecule has 2 N–H and O–H groups in total. The second-order valence-electron chi connectivity index (χ2n) is 4.40. The summed E-state index contributed by atoms with van der Waals surface area (Å²) >= 11 is 5.62. The Morgan fingerprint density at radius 1 is 1.30 bits per heavy atom. The molecule has 1 aromatic carbocycles. The van der Waals surface area contributed by atoms with Gasteiger partial charge in [0.05, 0.1) is 11.6 Å². The number of benzene rings is 1. The summed E-state index contributed by atoms with van der Waals surface area (Å²) in [5.74, 6) is -0.255. The number of hydrogen-bond acceptors (Lipinski definition) is 4. The van der Waals surface area contributed by atoms with Crippen LogP contribution in [0, 0.1) is 11.6 Å². The second kappa shape index (κ2) is 6.15. The summed E-state index contributed by atoms with van der Waals surface area (Å²) in [7, 11) is 3.63. The highest BCUT2D eigenvalue weighted by Gasteiger charge is 2.12. The Morgan fingerprint density at radius 3 is 2.70 bits per heavy atom. The van der Waals surface area contributed by atoms with E-state index in [2.05, 4.69) is 20.5 Å². The zero-order chi connectivity index (χ0) is 14.7. The van der Waals surface area contributed by atoms with E-state index in [1.165, 1.54) is 6.07 Å². The average molecular weight is 302 g/mol. The van der Waals surface area contributed by atoms with Crippen LogP contribution in [0.1, 0.15) is 11.4 Å². The van der Waals surface area contributed by atoms with Gasteiger partial charge >= 0.3 is 0 Å². The fraction of sp³-hybridized carbons (Fsp3) is 0.333. The number of halogens is 3. The normalized spacial score (nSPS) is 10.8. The summed E-state index contributed by atoms with van der Waals surface area (Å²) in [4.78, 5) is 5.93. The second-order valence-corrected chi connectivity index (χ2v) is 4.81. The third kappa shape index (κ3) is 3.23. The molecule has 0 saturated heterocycles. The summed E-state index contributed by atoms with van der Waals surface area (Å²) in [6.07, 6.45) is 0. The van der Waals surface area contributed by atoms with Gasteiger partial charge in [-0.2, -0.15) is 4.98 Å². The van der Waals surface area contributed by atoms with Gasteiger partial charge in [0.15, 0.2) is 0 Å². The standard InChI is InChI=1S/C12H14ClF2N5/c1-20(2)12-17-10(18-19-12)6-16-5-7-9(14)4-3-8(13)11(7)15/h3-4,16H,5-6H2,1-2H3,(H,17,18,19). The van der Waals surface area contributed by atoms with Crippen LogP contribution in [-0.2, 0) is 13.1 Å². The van der Waals surface area contributed by atoms with Gasteiger partial charge < -0.3 is 10.2 Å². The van der Waals surface area contributed by atoms with Gasteiger partial charge in [-0.05, 0) is 12.1 Å². The van der Waals surface area contributed by atoms with Crippen molar-refractivity contribution in [1.29, 1.82) is 0 Å². The van der Waals surface area contributed by atoms with Gasteiger partial charge in [-0.1, -0.05) is 11.6 Å². The fourth-order valence-corrected chi connectivity index (χ4v) is 1.78. The van der Waals surface area contributed by atoms with E-state index in [1.54, 1.807) is 4.90 Å². The number of aromatic amines is 1. The van der Waals surface area contributed by atoms with Gasteiger partial charge in [-0.25, -0.2) is 8.78 Å². The predicted octanol–water partition coefficient (Wildman–Crippen LogP) is 2.09. The Labute approximate surface area is 120 Å². The van der Waals surface area contributed by atoms with Crippen molar-refractivity contribution >= 4 is 17.5 Å². The minimum absolute atomic E-state index is 0.0101. The third-order valence-corrected chi connectivity index (χ3v) is 2.94. The minimum atomic E-state index is -0.745. The molecule has 5 nitrogen and oxygen atoms in total. The van der Waals surface area contributed by atoms with Crippen LogP contribution in [0.2, 0.25) is 5.02 Å². The molecule has 0 atom stereocenters. The molecule has 108 valence electrons. The molecule has 8 heteroatoms. The lowest BCUT2D eigenvalue weighted by Gasteiger charge is -2.07. The van der Waals surface area contributed by atoms with E-state index in [-0.39, 0.29) is 17.1 Å². The van der Waals surface area contributed by atoms with Gasteiger partial charge in [0.25, 0.3) is 0 Å². The van der Waals surface area contributed by atoms with Crippen molar-refractivity contribution in [2.24, 2.45) is 0 Å². The van der Waals surface area contributed by atoms with Crippen LogP contribution in [0.15, 0.2) is 12.1 Å². The van der Waals surface area contributed by atoms with E-state index < -0.39 is 11.6 Å². The third-order valence-electron chi connectivity index (χ3n) is 2.65. The molecule has 2 rings (SSSR count). The number of anilines is 1. The lowest BCUT2D eigenvalue weighted by Crippen LogP contribution is -2.16. The first-order valence-corrected chi connectivity index (χ1v) is 6.28. The summed E-state index contributed by atoms with van der Waals surface area (Å²) in [5.41, 5.74) is -0.0927. The first-order valence-electron chi connectivity index (χ1n) is 5.90. The van der Waals surface area contributed by atoms with Crippen LogP contribution in [0.3, 0.4) is 0 Å². The van der Waals surface area contributed by atoms with E-state index in [9.17, 15) is 8.78 Å². The maximum atomic E-state index is 13.6. The van der Waals surface area contributed by atoms with Crippen LogP contribution in [0.5, 0.6) is 0 Å². The largest absolute Gasteiger partial charge is 0.346 e. The number of nitrogens with one attached hydrogen (secondary N) is 2. The smallest absolute Gasteiger partial charge is 0.244 e. The van der Waals surface area contributed by atoms with Gasteiger partial charge in [0.1, 0.15) is 17.5 Å². The molecule has 0 bridgehead atoms. The highest BCUT2D eigenvalue weighted by Crippen LogP contribution is 2.20. The Hall–Kier alpha value is -1.73. The molecule has 20 heavy (non-hydrogen) atoms. The maximum Gasteiger partial charge on any atom is 0.244 e. The van der Waals surface area contributed by atoms with Crippen LogP contribution < -0.4 is 10.2 Å². The van der Waals surface area contributed by atoms with Crippen molar-refractivity contribution in [3.63, 3.8) is 0 Å². The van der Waals surface area contributed by atoms with Crippen molar-refractivity contribution in [3.8, 4) is 0 Å². The van der Waals surface area contributed by atoms with Crippen molar-refractivity contribution in [3.05, 3.63) is 40.2 Å². The van der Waals surface area contributed by atoms with Crippen molar-refractivity contribution in [1.82, 2.24) is 20.5 Å². The molecule has 0 aliphatic rings. The van der Waals surface area contributed by atoms with Crippen LogP contribution in [-0.4, -0.2) is 29.3 Å². The number of nitrogens with zero attached hydrogens (tertiary/aromatic N) is 3. The average Bonchev–Trinajstić information content (AvgIpc) is 2.87. The van der Waals surface area contributed by atoms with E-state index in [4.69, 9.17) is 11.6 Å². The van der Waals surface area contributed by atoms with E-state index in [0.29, 0.717) is 18.3 Å². The maximum absolute atomic E-state index is 13.6. The summed E-state index contributed by atoms with van der Waals surface area (Å²) < 4.78 is 27.1. The zero-order valence-electron chi connectivity index (χ0n) is 11.0. The molecule has 0 saturated carbocycles. The summed E-state index contributed by atoms with van der Waals surface area (Å²) in [6.45, 7) is 0.322. The Balaban J connectivity index is 1.97. The van der Waals surface area contributed by atoms with Gasteiger partial charge in [-0.15, -0.1) is 5.10 Å². The number of H-pyrrole nitrogens is 1. The first kappa shape index (κ1) is 14.7. The number of hydrogen-bond donors (Lipinski definition) is 2. The highest BCUT2D eigenvalue weighted by atomic mass is 35.5. The Morgan fingerprint density at radius 2 is 2.05 bits per heavy atom. The van der Waals surface area contributed by atoms with E-state index >= 15 is 0 Å². The Bertz CT molecular complexity index is 600. The molecule has 2 aromatic rings.